The van der Waals surface area contributed by atoms with Crippen LogP contribution in [-0.2, 0) is 5.41 Å². The van der Waals surface area contributed by atoms with Gasteiger partial charge in [-0.25, -0.2) is 4.98 Å². The van der Waals surface area contributed by atoms with Crippen LogP contribution in [-0.4, -0.2) is 29.1 Å². The molecule has 0 aliphatic heterocycles. The lowest BCUT2D eigenvalue weighted by atomic mass is 9.86. The van der Waals surface area contributed by atoms with E-state index in [2.05, 4.69) is 94.4 Å². The maximum atomic E-state index is 12.6. The second kappa shape index (κ2) is 11.3. The number of carbonyl (C=O) groups excluding carboxylic acids is 1. The van der Waals surface area contributed by atoms with Crippen LogP contribution in [0.3, 0.4) is 0 Å². The highest BCUT2D eigenvalue weighted by molar-refractivity contribution is 5.92. The van der Waals surface area contributed by atoms with Crippen LogP contribution >= 0.6 is 0 Å². The highest BCUT2D eigenvalue weighted by atomic mass is 16.5. The van der Waals surface area contributed by atoms with Gasteiger partial charge in [-0.15, -0.1) is 0 Å². The molecule has 0 unspecified atom stereocenters. The van der Waals surface area contributed by atoms with Gasteiger partial charge in [-0.2, -0.15) is 0 Å². The van der Waals surface area contributed by atoms with Gasteiger partial charge in [0.05, 0.1) is 24.2 Å². The van der Waals surface area contributed by atoms with Crippen molar-refractivity contribution in [1.29, 1.82) is 0 Å². The summed E-state index contributed by atoms with van der Waals surface area (Å²) >= 11 is 0. The maximum absolute atomic E-state index is 12.6. The first kappa shape index (κ1) is 28.8. The number of aryl methyl sites for hydroxylation is 1. The number of nitrogens with zero attached hydrogens (tertiary/aromatic N) is 2. The number of aromatic nitrogens is 2. The molecule has 1 aromatic heterocycles. The largest absolute Gasteiger partial charge is 0.492 e. The fourth-order valence-electron chi connectivity index (χ4n) is 4.06. The average Bonchev–Trinajstić information content (AvgIpc) is 3.31. The third-order valence-electron chi connectivity index (χ3n) is 6.26. The van der Waals surface area contributed by atoms with E-state index in [1.165, 1.54) is 0 Å². The predicted molar refractivity (Wildman–Crippen MR) is 158 cm³/mol. The summed E-state index contributed by atoms with van der Waals surface area (Å²) in [7, 11) is 1.63. The summed E-state index contributed by atoms with van der Waals surface area (Å²) in [5, 5.41) is 6.55. The Hall–Kier alpha value is -3.74. The molecule has 0 fully saturated rings. The molecule has 1 amide bonds. The molecule has 0 bridgehead atoms. The summed E-state index contributed by atoms with van der Waals surface area (Å²) in [6.45, 7) is 17.5. The number of carbonyl (C=O) groups is 1. The third kappa shape index (κ3) is 6.97. The molecule has 2 aromatic carbocycles. The molecule has 4 N–H and O–H groups in total. The molecular weight excluding hydrogens is 474 g/mol. The first-order valence-electron chi connectivity index (χ1n) is 13.1. The number of nitrogens with two attached hydrogens (primary N) is 1. The molecule has 0 saturated carbocycles. The fourth-order valence-corrected chi connectivity index (χ4v) is 4.06. The number of methoxy groups -OCH3 is 1. The monoisotopic (exact) mass is 517 g/mol. The Labute approximate surface area is 227 Å². The van der Waals surface area contributed by atoms with E-state index in [-0.39, 0.29) is 16.7 Å². The van der Waals surface area contributed by atoms with Gasteiger partial charge in [-0.3, -0.25) is 4.79 Å². The number of ether oxygens (including phenoxy) is 1. The minimum Gasteiger partial charge on any atom is -0.492 e. The van der Waals surface area contributed by atoms with E-state index in [9.17, 15) is 4.79 Å². The van der Waals surface area contributed by atoms with Gasteiger partial charge < -0.3 is 25.7 Å². The van der Waals surface area contributed by atoms with Crippen LogP contribution in [0.15, 0.2) is 48.9 Å². The van der Waals surface area contributed by atoms with E-state index in [1.807, 2.05) is 17.6 Å². The van der Waals surface area contributed by atoms with Crippen molar-refractivity contribution in [1.82, 2.24) is 14.9 Å². The van der Waals surface area contributed by atoms with Gasteiger partial charge in [0, 0.05) is 18.4 Å². The summed E-state index contributed by atoms with van der Waals surface area (Å²) in [4.78, 5) is 17.0. The molecule has 0 aliphatic carbocycles. The summed E-state index contributed by atoms with van der Waals surface area (Å²) in [5.41, 5.74) is 13.2. The van der Waals surface area contributed by atoms with Gasteiger partial charge >= 0.3 is 0 Å². The lowest BCUT2D eigenvalue weighted by molar-refractivity contribution is 0.0934. The third-order valence-corrected chi connectivity index (χ3v) is 6.26. The van der Waals surface area contributed by atoms with Gasteiger partial charge in [-0.1, -0.05) is 66.7 Å². The minimum atomic E-state index is -0.177. The Morgan fingerprint density at radius 3 is 2.45 bits per heavy atom. The Bertz CT molecular complexity index is 1320. The first-order valence-corrected chi connectivity index (χ1v) is 13.1. The first-order chi connectivity index (χ1) is 17.7. The topological polar surface area (TPSA) is 94.2 Å². The number of benzene rings is 2. The second-order valence-electron chi connectivity index (χ2n) is 12.0. The number of hydrogen-bond donors (Lipinski definition) is 3. The standard InChI is InChI=1S/C31H43N5O2/c1-10-11-24(35-25-16-22(31(6,7)8)15-23(32)28(25)38-9)21-13-12-20(2)27(14-21)36-17-26(34-19-36)29(37)33-18-30(3,4)5/h11-17,19,35H,10,18,32H2,1-9H3,(H,33,37)/b24-11-. The van der Waals surface area contributed by atoms with Gasteiger partial charge in [0.15, 0.2) is 5.75 Å². The lowest BCUT2D eigenvalue weighted by Gasteiger charge is -2.24. The fraction of sp³-hybridized carbons (Fsp3) is 0.419. The summed E-state index contributed by atoms with van der Waals surface area (Å²) < 4.78 is 7.57. The molecule has 0 spiro atoms. The van der Waals surface area contributed by atoms with Crippen LogP contribution in [0.4, 0.5) is 11.4 Å². The molecule has 7 nitrogen and oxygen atoms in total. The molecule has 0 atom stereocenters. The van der Waals surface area contributed by atoms with Crippen LogP contribution in [0.2, 0.25) is 0 Å². The highest BCUT2D eigenvalue weighted by Crippen LogP contribution is 2.38. The van der Waals surface area contributed by atoms with Crippen molar-refractivity contribution < 1.29 is 9.53 Å². The highest BCUT2D eigenvalue weighted by Gasteiger charge is 2.20. The van der Waals surface area contributed by atoms with Crippen molar-refractivity contribution >= 4 is 23.0 Å². The zero-order valence-corrected chi connectivity index (χ0v) is 24.3. The Morgan fingerprint density at radius 2 is 1.84 bits per heavy atom. The van der Waals surface area contributed by atoms with Crippen molar-refractivity contribution in [3.8, 4) is 11.4 Å². The van der Waals surface area contributed by atoms with Crippen LogP contribution in [0.1, 0.15) is 82.1 Å². The van der Waals surface area contributed by atoms with Gasteiger partial charge in [0.25, 0.3) is 5.91 Å². The van der Waals surface area contributed by atoms with Gasteiger partial charge in [0.1, 0.15) is 12.0 Å². The zero-order valence-electron chi connectivity index (χ0n) is 24.3. The zero-order chi connectivity index (χ0) is 28.3. The number of imidazole rings is 1. The number of anilines is 2. The molecule has 204 valence electrons. The maximum Gasteiger partial charge on any atom is 0.271 e. The lowest BCUT2D eigenvalue weighted by Crippen LogP contribution is -2.32. The molecule has 3 aromatic rings. The van der Waals surface area contributed by atoms with E-state index in [0.29, 0.717) is 23.7 Å². The van der Waals surface area contributed by atoms with E-state index < -0.39 is 0 Å². The van der Waals surface area contributed by atoms with Crippen molar-refractivity contribution in [2.75, 3.05) is 24.7 Å². The van der Waals surface area contributed by atoms with E-state index >= 15 is 0 Å². The summed E-state index contributed by atoms with van der Waals surface area (Å²) in [6.07, 6.45) is 6.45. The molecule has 0 radical (unpaired) electrons. The van der Waals surface area contributed by atoms with Gasteiger partial charge in [-0.05, 0) is 59.1 Å². The number of allylic oxidation sites excluding steroid dienone is 1. The average molecular weight is 518 g/mol. The smallest absolute Gasteiger partial charge is 0.271 e. The molecule has 0 aliphatic rings. The summed E-state index contributed by atoms with van der Waals surface area (Å²) in [5.74, 6) is 0.442. The number of hydrogen-bond acceptors (Lipinski definition) is 5. The Balaban J connectivity index is 1.97. The van der Waals surface area contributed by atoms with Gasteiger partial charge in [0.2, 0.25) is 0 Å². The van der Waals surface area contributed by atoms with Crippen LogP contribution in [0, 0.1) is 12.3 Å². The van der Waals surface area contributed by atoms with Crippen LogP contribution in [0.25, 0.3) is 11.4 Å². The van der Waals surface area contributed by atoms with Crippen LogP contribution in [0.5, 0.6) is 5.75 Å². The molecule has 3 rings (SSSR count). The Morgan fingerprint density at radius 1 is 1.13 bits per heavy atom. The predicted octanol–water partition coefficient (Wildman–Crippen LogP) is 6.71. The van der Waals surface area contributed by atoms with Crippen molar-refractivity contribution in [3.05, 3.63) is 71.3 Å². The van der Waals surface area contributed by atoms with E-state index in [4.69, 9.17) is 10.5 Å². The van der Waals surface area contributed by atoms with Crippen LogP contribution < -0.4 is 21.1 Å². The molecule has 7 heteroatoms. The van der Waals surface area contributed by atoms with Crippen molar-refractivity contribution in [2.24, 2.45) is 5.41 Å². The molecular formula is C31H43N5O2. The quantitative estimate of drug-likeness (QED) is 0.289. The van der Waals surface area contributed by atoms with E-state index in [0.717, 1.165) is 40.2 Å². The number of nitrogens with one attached hydrogen (secondary N) is 2. The van der Waals surface area contributed by atoms with Crippen molar-refractivity contribution in [3.63, 3.8) is 0 Å². The van der Waals surface area contributed by atoms with Crippen molar-refractivity contribution in [2.45, 2.75) is 67.2 Å². The molecule has 1 heterocycles. The number of nitrogen functional groups attached to an aromatic ring is 1. The SMILES string of the molecule is CC/C=C(\Nc1cc(C(C)(C)C)cc(N)c1OC)c1ccc(C)c(-n2cnc(C(=O)NCC(C)(C)C)c2)c1. The molecule has 38 heavy (non-hydrogen) atoms. The minimum absolute atomic E-state index is 0.00208. The number of rotatable bonds is 8. The number of amides is 1. The Kier molecular flexibility index (Phi) is 8.60. The normalized spacial score (nSPS) is 12.4. The second-order valence-corrected chi connectivity index (χ2v) is 12.0. The van der Waals surface area contributed by atoms with E-state index in [1.54, 1.807) is 19.6 Å². The summed E-state index contributed by atoms with van der Waals surface area (Å²) in [6, 6.07) is 10.3. The molecule has 0 saturated heterocycles.